The van der Waals surface area contributed by atoms with Gasteiger partial charge in [-0.2, -0.15) is 0 Å². The fourth-order valence-electron chi connectivity index (χ4n) is 4.21. The van der Waals surface area contributed by atoms with Crippen molar-refractivity contribution in [3.63, 3.8) is 0 Å². The van der Waals surface area contributed by atoms with Gasteiger partial charge in [-0.3, -0.25) is 9.80 Å². The first-order valence-electron chi connectivity index (χ1n) is 9.39. The zero-order chi connectivity index (χ0) is 18.0. The van der Waals surface area contributed by atoms with Crippen LogP contribution in [0.25, 0.3) is 0 Å². The van der Waals surface area contributed by atoms with Gasteiger partial charge in [-0.15, -0.1) is 0 Å². The van der Waals surface area contributed by atoms with Crippen LogP contribution in [0, 0.1) is 6.92 Å². The number of piperidine rings is 1. The molecule has 0 unspecified atom stereocenters. The smallest absolute Gasteiger partial charge is 0.150 e. The van der Waals surface area contributed by atoms with Crippen molar-refractivity contribution in [3.05, 3.63) is 53.4 Å². The molecule has 2 aliphatic heterocycles. The molecule has 0 saturated carbocycles. The van der Waals surface area contributed by atoms with E-state index in [4.69, 9.17) is 9.26 Å². The predicted molar refractivity (Wildman–Crippen MR) is 97.7 cm³/mol. The Labute approximate surface area is 154 Å². The van der Waals surface area contributed by atoms with Crippen LogP contribution >= 0.6 is 0 Å². The molecule has 2 fully saturated rings. The number of ether oxygens (including phenoxy) is 1. The molecule has 0 amide bonds. The summed E-state index contributed by atoms with van der Waals surface area (Å²) in [6, 6.07) is 12.1. The van der Waals surface area contributed by atoms with E-state index in [1.807, 2.05) is 43.3 Å². The second kappa shape index (κ2) is 7.48. The molecule has 2 saturated heterocycles. The van der Waals surface area contributed by atoms with Crippen molar-refractivity contribution in [2.75, 3.05) is 39.4 Å². The van der Waals surface area contributed by atoms with Crippen molar-refractivity contribution in [1.82, 2.24) is 15.0 Å². The SMILES string of the molecule is Cc1cc(CN2CC[C@](O)(c3ccccc3)[C@H](N3CCOCC3)C2)on1. The molecule has 0 aliphatic carbocycles. The third kappa shape index (κ3) is 3.55. The Morgan fingerprint density at radius 3 is 2.65 bits per heavy atom. The van der Waals surface area contributed by atoms with Crippen molar-refractivity contribution >= 4 is 0 Å². The molecule has 140 valence electrons. The molecule has 26 heavy (non-hydrogen) atoms. The zero-order valence-corrected chi connectivity index (χ0v) is 15.3. The van der Waals surface area contributed by atoms with Gasteiger partial charge in [-0.1, -0.05) is 35.5 Å². The minimum atomic E-state index is -0.841. The monoisotopic (exact) mass is 357 g/mol. The molecule has 1 N–H and O–H groups in total. The minimum Gasteiger partial charge on any atom is -0.383 e. The summed E-state index contributed by atoms with van der Waals surface area (Å²) >= 11 is 0. The van der Waals surface area contributed by atoms with Crippen LogP contribution in [0.3, 0.4) is 0 Å². The van der Waals surface area contributed by atoms with Crippen molar-refractivity contribution in [2.24, 2.45) is 0 Å². The highest BCUT2D eigenvalue weighted by Gasteiger charge is 2.46. The van der Waals surface area contributed by atoms with Crippen LogP contribution in [0.15, 0.2) is 40.9 Å². The van der Waals surface area contributed by atoms with Crippen LogP contribution in [0.2, 0.25) is 0 Å². The molecule has 1 aromatic heterocycles. The van der Waals surface area contributed by atoms with E-state index < -0.39 is 5.60 Å². The number of benzene rings is 1. The number of hydrogen-bond donors (Lipinski definition) is 1. The van der Waals surface area contributed by atoms with Gasteiger partial charge in [0.25, 0.3) is 0 Å². The number of morpholine rings is 1. The van der Waals surface area contributed by atoms with Crippen LogP contribution in [0.1, 0.15) is 23.4 Å². The fourth-order valence-corrected chi connectivity index (χ4v) is 4.21. The average Bonchev–Trinajstić information content (AvgIpc) is 3.09. The molecule has 0 spiro atoms. The molecular formula is C20H27N3O3. The molecule has 1 aromatic carbocycles. The van der Waals surface area contributed by atoms with Crippen LogP contribution in [0.4, 0.5) is 0 Å². The van der Waals surface area contributed by atoms with Gasteiger partial charge < -0.3 is 14.4 Å². The van der Waals surface area contributed by atoms with E-state index in [0.717, 1.165) is 63.0 Å². The Balaban J connectivity index is 1.57. The summed E-state index contributed by atoms with van der Waals surface area (Å²) in [5.74, 6) is 0.883. The average molecular weight is 357 g/mol. The maximum atomic E-state index is 11.7. The fraction of sp³-hybridized carbons (Fsp3) is 0.550. The van der Waals surface area contributed by atoms with Crippen LogP contribution < -0.4 is 0 Å². The van der Waals surface area contributed by atoms with E-state index in [1.165, 1.54) is 0 Å². The summed E-state index contributed by atoms with van der Waals surface area (Å²) in [5, 5.41) is 15.7. The summed E-state index contributed by atoms with van der Waals surface area (Å²) in [7, 11) is 0. The molecule has 4 rings (SSSR count). The van der Waals surface area contributed by atoms with Gasteiger partial charge in [0, 0.05) is 32.2 Å². The first-order chi connectivity index (χ1) is 12.6. The highest BCUT2D eigenvalue weighted by Crippen LogP contribution is 2.36. The number of aromatic nitrogens is 1. The van der Waals surface area contributed by atoms with Crippen molar-refractivity contribution < 1.29 is 14.4 Å². The molecule has 0 radical (unpaired) electrons. The Kier molecular flexibility index (Phi) is 5.09. The van der Waals surface area contributed by atoms with Gasteiger partial charge in [-0.25, -0.2) is 0 Å². The molecule has 2 atom stereocenters. The molecule has 2 aromatic rings. The summed E-state index contributed by atoms with van der Waals surface area (Å²) in [6.45, 7) is 7.45. The predicted octanol–water partition coefficient (Wildman–Crippen LogP) is 1.78. The Bertz CT molecular complexity index is 714. The van der Waals surface area contributed by atoms with E-state index in [9.17, 15) is 5.11 Å². The maximum Gasteiger partial charge on any atom is 0.150 e. The number of aliphatic hydroxyl groups is 1. The molecule has 6 heteroatoms. The van der Waals surface area contributed by atoms with E-state index in [2.05, 4.69) is 15.0 Å². The molecule has 6 nitrogen and oxygen atoms in total. The number of rotatable bonds is 4. The number of hydrogen-bond acceptors (Lipinski definition) is 6. The van der Waals surface area contributed by atoms with Crippen molar-refractivity contribution in [3.8, 4) is 0 Å². The normalized spacial score (nSPS) is 28.3. The number of aryl methyl sites for hydroxylation is 1. The first kappa shape index (κ1) is 17.7. The summed E-state index contributed by atoms with van der Waals surface area (Å²) in [4.78, 5) is 4.74. The lowest BCUT2D eigenvalue weighted by Crippen LogP contribution is -2.62. The lowest BCUT2D eigenvalue weighted by Gasteiger charge is -2.50. The number of nitrogens with zero attached hydrogens (tertiary/aromatic N) is 3. The van der Waals surface area contributed by atoms with Crippen molar-refractivity contribution in [2.45, 2.75) is 31.5 Å². The van der Waals surface area contributed by atoms with Gasteiger partial charge in [0.1, 0.15) is 5.60 Å². The van der Waals surface area contributed by atoms with E-state index in [1.54, 1.807) is 0 Å². The maximum absolute atomic E-state index is 11.7. The minimum absolute atomic E-state index is 0.0339. The van der Waals surface area contributed by atoms with Gasteiger partial charge >= 0.3 is 0 Å². The summed E-state index contributed by atoms with van der Waals surface area (Å²) in [6.07, 6.45) is 0.701. The molecule has 2 aliphatic rings. The van der Waals surface area contributed by atoms with Crippen LogP contribution in [-0.4, -0.2) is 65.5 Å². The highest BCUT2D eigenvalue weighted by molar-refractivity contribution is 5.26. The zero-order valence-electron chi connectivity index (χ0n) is 15.3. The lowest BCUT2D eigenvalue weighted by atomic mass is 9.79. The third-order valence-electron chi connectivity index (χ3n) is 5.61. The van der Waals surface area contributed by atoms with Gasteiger partial charge in [0.2, 0.25) is 0 Å². The quantitative estimate of drug-likeness (QED) is 0.900. The van der Waals surface area contributed by atoms with Crippen molar-refractivity contribution in [1.29, 1.82) is 0 Å². The molecule has 3 heterocycles. The van der Waals surface area contributed by atoms with E-state index >= 15 is 0 Å². The Morgan fingerprint density at radius 1 is 1.19 bits per heavy atom. The summed E-state index contributed by atoms with van der Waals surface area (Å²) < 4.78 is 10.9. The number of likely N-dealkylation sites (tertiary alicyclic amines) is 1. The van der Waals surface area contributed by atoms with Crippen LogP contribution in [0.5, 0.6) is 0 Å². The third-order valence-corrected chi connectivity index (χ3v) is 5.61. The second-order valence-corrected chi connectivity index (χ2v) is 7.37. The van der Waals surface area contributed by atoms with E-state index in [0.29, 0.717) is 6.42 Å². The second-order valence-electron chi connectivity index (χ2n) is 7.37. The van der Waals surface area contributed by atoms with Gasteiger partial charge in [-0.05, 0) is 18.9 Å². The first-order valence-corrected chi connectivity index (χ1v) is 9.39. The van der Waals surface area contributed by atoms with Crippen LogP contribution in [-0.2, 0) is 16.9 Å². The molecular weight excluding hydrogens is 330 g/mol. The largest absolute Gasteiger partial charge is 0.383 e. The summed E-state index contributed by atoms with van der Waals surface area (Å²) in [5.41, 5.74) is 1.07. The topological polar surface area (TPSA) is 62.0 Å². The van der Waals surface area contributed by atoms with Gasteiger partial charge in [0.05, 0.1) is 31.5 Å². The van der Waals surface area contributed by atoms with Gasteiger partial charge in [0.15, 0.2) is 5.76 Å². The highest BCUT2D eigenvalue weighted by atomic mass is 16.5. The van der Waals surface area contributed by atoms with E-state index in [-0.39, 0.29) is 6.04 Å². The Hall–Kier alpha value is -1.73. The standard InChI is InChI=1S/C20H27N3O3/c1-16-13-18(26-21-16)14-22-8-7-20(24,17-5-3-2-4-6-17)19(15-22)23-9-11-25-12-10-23/h2-6,13,19,24H,7-12,14-15H2,1H3/t19-,20+/m1/s1. The lowest BCUT2D eigenvalue weighted by molar-refractivity contribution is -0.120. The molecule has 0 bridgehead atoms. The Morgan fingerprint density at radius 2 is 1.96 bits per heavy atom.